The Bertz CT molecular complexity index is 1210. The molecule has 5 aliphatic rings. The number of carboxylic acid groups (broad SMARTS) is 2. The zero-order chi connectivity index (χ0) is 30.4. The van der Waals surface area contributed by atoms with E-state index in [1.807, 2.05) is 13.0 Å². The summed E-state index contributed by atoms with van der Waals surface area (Å²) >= 11 is 0. The molecule has 228 valence electrons. The molecule has 0 amide bonds. The third-order valence-electron chi connectivity index (χ3n) is 13.8. The second-order valence-electron chi connectivity index (χ2n) is 16.3. The number of ether oxygens (including phenoxy) is 1. The van der Waals surface area contributed by atoms with Gasteiger partial charge in [-0.05, 0) is 104 Å². The number of fused-ring (bicyclic) bond motifs is 7. The van der Waals surface area contributed by atoms with Crippen LogP contribution < -0.4 is 0 Å². The molecule has 0 aromatic carbocycles. The van der Waals surface area contributed by atoms with Gasteiger partial charge >= 0.3 is 64.0 Å². The molecular formula is C34H50Mg2O7+4. The molecule has 0 aliphatic heterocycles. The van der Waals surface area contributed by atoms with Crippen LogP contribution in [0.1, 0.15) is 119 Å². The second kappa shape index (κ2) is 11.9. The van der Waals surface area contributed by atoms with Gasteiger partial charge in [-0.3, -0.25) is 19.2 Å². The molecule has 0 spiro atoms. The molecule has 0 radical (unpaired) electrons. The van der Waals surface area contributed by atoms with Crippen LogP contribution in [0.3, 0.4) is 0 Å². The van der Waals surface area contributed by atoms with Gasteiger partial charge in [0.1, 0.15) is 6.10 Å². The first-order chi connectivity index (χ1) is 18.8. The van der Waals surface area contributed by atoms with Gasteiger partial charge in [0.2, 0.25) is 0 Å². The third kappa shape index (κ3) is 5.45. The summed E-state index contributed by atoms with van der Waals surface area (Å²) in [6.07, 6.45) is 8.80. The van der Waals surface area contributed by atoms with Crippen LogP contribution in [0.15, 0.2) is 11.6 Å². The van der Waals surface area contributed by atoms with E-state index in [2.05, 4.69) is 41.5 Å². The third-order valence-corrected chi connectivity index (χ3v) is 13.8. The molecule has 0 heterocycles. The van der Waals surface area contributed by atoms with E-state index in [1.54, 1.807) is 0 Å². The summed E-state index contributed by atoms with van der Waals surface area (Å²) < 4.78 is 5.91. The van der Waals surface area contributed by atoms with Crippen LogP contribution in [0.5, 0.6) is 0 Å². The molecule has 3 unspecified atom stereocenters. The van der Waals surface area contributed by atoms with E-state index >= 15 is 0 Å². The number of ketones is 1. The molecule has 0 aromatic heterocycles. The van der Waals surface area contributed by atoms with Crippen LogP contribution in [0.25, 0.3) is 0 Å². The first-order valence-electron chi connectivity index (χ1n) is 15.7. The maximum Gasteiger partial charge on any atom is 2.00 e. The molecule has 0 bridgehead atoms. The van der Waals surface area contributed by atoms with E-state index in [-0.39, 0.29) is 116 Å². The van der Waals surface area contributed by atoms with E-state index in [9.17, 15) is 24.3 Å². The van der Waals surface area contributed by atoms with Crippen LogP contribution in [0.4, 0.5) is 0 Å². The number of aliphatic carboxylic acids is 2. The number of hydrogen-bond acceptors (Lipinski definition) is 5. The van der Waals surface area contributed by atoms with E-state index in [4.69, 9.17) is 9.84 Å². The molecule has 4 fully saturated rings. The number of hydrogen-bond donors (Lipinski definition) is 2. The summed E-state index contributed by atoms with van der Waals surface area (Å²) in [5.41, 5.74) is -0.553. The van der Waals surface area contributed by atoms with Crippen molar-refractivity contribution in [3.8, 4) is 0 Å². The number of rotatable bonds is 5. The first-order valence-corrected chi connectivity index (χ1v) is 15.7. The van der Waals surface area contributed by atoms with Gasteiger partial charge in [0.25, 0.3) is 0 Å². The molecule has 2 N–H and O–H groups in total. The summed E-state index contributed by atoms with van der Waals surface area (Å²) in [4.78, 5) is 50.3. The van der Waals surface area contributed by atoms with Gasteiger partial charge in [0.15, 0.2) is 5.78 Å². The van der Waals surface area contributed by atoms with Gasteiger partial charge < -0.3 is 14.9 Å². The van der Waals surface area contributed by atoms with Crippen molar-refractivity contribution in [3.63, 3.8) is 0 Å². The Morgan fingerprint density at radius 1 is 0.860 bits per heavy atom. The van der Waals surface area contributed by atoms with Crippen LogP contribution >= 0.6 is 0 Å². The molecule has 0 saturated heterocycles. The number of carboxylic acids is 2. The summed E-state index contributed by atoms with van der Waals surface area (Å²) in [5, 5.41) is 19.1. The molecule has 5 aliphatic carbocycles. The van der Waals surface area contributed by atoms with Gasteiger partial charge in [-0.1, -0.05) is 47.1 Å². The Balaban J connectivity index is 0.00000253. The van der Waals surface area contributed by atoms with Crippen molar-refractivity contribution in [2.24, 2.45) is 50.2 Å². The Morgan fingerprint density at radius 2 is 1.49 bits per heavy atom. The predicted molar refractivity (Wildman–Crippen MR) is 165 cm³/mol. The van der Waals surface area contributed by atoms with Gasteiger partial charge in [-0.15, -0.1) is 0 Å². The Labute approximate surface area is 289 Å². The van der Waals surface area contributed by atoms with Crippen molar-refractivity contribution in [1.29, 1.82) is 0 Å². The smallest absolute Gasteiger partial charge is 0.481 e. The van der Waals surface area contributed by atoms with E-state index in [0.29, 0.717) is 19.3 Å². The fraction of sp³-hybridized carbons (Fsp3) is 0.824. The minimum absolute atomic E-state index is 0. The van der Waals surface area contributed by atoms with E-state index in [0.717, 1.165) is 38.5 Å². The number of esters is 1. The quantitative estimate of drug-likeness (QED) is 0.284. The molecular weight excluding hydrogens is 569 g/mol. The largest absolute Gasteiger partial charge is 2.00 e. The van der Waals surface area contributed by atoms with Crippen molar-refractivity contribution >= 4 is 69.8 Å². The average Bonchev–Trinajstić information content (AvgIpc) is 2.86. The topological polar surface area (TPSA) is 118 Å². The van der Waals surface area contributed by atoms with Crippen LogP contribution in [-0.4, -0.2) is 86.1 Å². The van der Waals surface area contributed by atoms with E-state index < -0.39 is 23.3 Å². The van der Waals surface area contributed by atoms with Crippen molar-refractivity contribution in [3.05, 3.63) is 11.6 Å². The van der Waals surface area contributed by atoms with Crippen molar-refractivity contribution in [2.45, 2.75) is 125 Å². The molecule has 4 saturated carbocycles. The zero-order valence-electron chi connectivity index (χ0n) is 27.5. The summed E-state index contributed by atoms with van der Waals surface area (Å²) in [6, 6.07) is 0. The SMILES string of the molecule is CC1(C)C2CCC3(C)[C@H](C(=O)C=C4C5C[C@@](C)(C(=O)O)CC[C@]5(C)CC[C@]43C)[C@@]2(C)CC[C@@H]1OC(=O)CCC(=O)O.[Mg+2].[Mg+2]. The first kappa shape index (κ1) is 36.8. The van der Waals surface area contributed by atoms with Gasteiger partial charge in [-0.2, -0.15) is 0 Å². The van der Waals surface area contributed by atoms with Crippen LogP contribution in [-0.2, 0) is 23.9 Å². The van der Waals surface area contributed by atoms with Crippen molar-refractivity contribution in [1.82, 2.24) is 0 Å². The predicted octanol–water partition coefficient (Wildman–Crippen LogP) is 6.07. The van der Waals surface area contributed by atoms with E-state index in [1.165, 1.54) is 5.57 Å². The fourth-order valence-corrected chi connectivity index (χ4v) is 11.0. The summed E-state index contributed by atoms with van der Waals surface area (Å²) in [5.74, 6) is -1.87. The molecule has 9 heteroatoms. The standard InChI is InChI=1S/C34H50O7.2Mg/c1-29(2)23-10-13-34(7)27(32(23,5)12-11-24(29)41-26(38)9-8-25(36)37)22(35)18-20-21-19-31(4,28(39)40)15-14-30(21,3)16-17-33(20,34)6;;/h18,21,23-24,27H,8-17,19H2,1-7H3,(H,36,37)(H,39,40);;/q;2*+2/t21?,23?,24-,27+,30+,31-,32-,33+,34?;;/m0../s1. The van der Waals surface area contributed by atoms with Gasteiger partial charge in [0, 0.05) is 11.3 Å². The molecule has 5 rings (SSSR count). The van der Waals surface area contributed by atoms with Crippen molar-refractivity contribution in [2.75, 3.05) is 0 Å². The van der Waals surface area contributed by atoms with Gasteiger partial charge in [-0.25, -0.2) is 0 Å². The Kier molecular flexibility index (Phi) is 10.2. The molecule has 9 atom stereocenters. The molecule has 0 aromatic rings. The van der Waals surface area contributed by atoms with Crippen LogP contribution in [0, 0.1) is 50.2 Å². The number of allylic oxidation sites excluding steroid dienone is 2. The second-order valence-corrected chi connectivity index (χ2v) is 16.3. The summed E-state index contributed by atoms with van der Waals surface area (Å²) in [7, 11) is 0. The van der Waals surface area contributed by atoms with Crippen LogP contribution in [0.2, 0.25) is 0 Å². The minimum Gasteiger partial charge on any atom is -0.481 e. The normalized spacial score (nSPS) is 44.4. The number of carbonyl (C=O) groups is 4. The maximum absolute atomic E-state index is 14.5. The molecule has 43 heavy (non-hydrogen) atoms. The summed E-state index contributed by atoms with van der Waals surface area (Å²) in [6.45, 7) is 15.5. The number of carbonyl (C=O) groups excluding carboxylic acids is 2. The zero-order valence-corrected chi connectivity index (χ0v) is 30.3. The van der Waals surface area contributed by atoms with Crippen molar-refractivity contribution < 1.29 is 34.1 Å². The maximum atomic E-state index is 14.5. The minimum atomic E-state index is -1.01. The van der Waals surface area contributed by atoms with Gasteiger partial charge in [0.05, 0.1) is 18.3 Å². The average molecular weight is 619 g/mol. The Morgan fingerprint density at radius 3 is 2.09 bits per heavy atom. The molecule has 7 nitrogen and oxygen atoms in total. The fourth-order valence-electron chi connectivity index (χ4n) is 11.0. The monoisotopic (exact) mass is 618 g/mol. The Hall–Kier alpha value is -0.648.